The van der Waals surface area contributed by atoms with Crippen LogP contribution in [0.15, 0.2) is 24.3 Å². The van der Waals surface area contributed by atoms with E-state index in [4.69, 9.17) is 10.5 Å². The predicted octanol–water partition coefficient (Wildman–Crippen LogP) is 2.82. The van der Waals surface area contributed by atoms with Crippen molar-refractivity contribution < 1.29 is 4.74 Å². The number of rotatable bonds is 3. The number of nitrogens with two attached hydrogens (primary N) is 1. The van der Waals surface area contributed by atoms with Crippen LogP contribution < -0.4 is 10.5 Å². The van der Waals surface area contributed by atoms with E-state index in [1.807, 2.05) is 0 Å². The molecule has 1 saturated heterocycles. The van der Waals surface area contributed by atoms with Crippen molar-refractivity contribution in [1.82, 2.24) is 4.90 Å². The third-order valence-electron chi connectivity index (χ3n) is 4.80. The van der Waals surface area contributed by atoms with Gasteiger partial charge in [-0.05, 0) is 44.3 Å². The van der Waals surface area contributed by atoms with Crippen LogP contribution in [0.2, 0.25) is 0 Å². The molecule has 0 aliphatic carbocycles. The summed E-state index contributed by atoms with van der Waals surface area (Å²) in [5, 5.41) is 0. The summed E-state index contributed by atoms with van der Waals surface area (Å²) in [6.07, 6.45) is 3.81. The van der Waals surface area contributed by atoms with E-state index < -0.39 is 0 Å². The Morgan fingerprint density at radius 3 is 3.05 bits per heavy atom. The number of para-hydroxylation sites is 1. The minimum absolute atomic E-state index is 0.514. The summed E-state index contributed by atoms with van der Waals surface area (Å²) in [5.74, 6) is 2.41. The molecule has 1 aromatic rings. The van der Waals surface area contributed by atoms with E-state index in [9.17, 15) is 0 Å². The quantitative estimate of drug-likeness (QED) is 0.921. The summed E-state index contributed by atoms with van der Waals surface area (Å²) in [5.41, 5.74) is 7.12. The Morgan fingerprint density at radius 2 is 2.20 bits per heavy atom. The number of hydrogen-bond acceptors (Lipinski definition) is 3. The van der Waals surface area contributed by atoms with Crippen molar-refractivity contribution in [3.05, 3.63) is 29.8 Å². The third-order valence-corrected chi connectivity index (χ3v) is 4.80. The van der Waals surface area contributed by atoms with Crippen LogP contribution in [0.3, 0.4) is 0 Å². The standard InChI is InChI=1S/C17H26N2O/c1-13-12-20-16-7-3-2-6-15(16)17(13)19-10-4-5-14(11-19)8-9-18/h2-3,6-7,13-14,17H,4-5,8-12,18H2,1H3. The molecule has 3 atom stereocenters. The van der Waals surface area contributed by atoms with E-state index in [2.05, 4.69) is 36.1 Å². The van der Waals surface area contributed by atoms with Gasteiger partial charge in [-0.25, -0.2) is 0 Å². The average molecular weight is 274 g/mol. The molecule has 0 spiro atoms. The van der Waals surface area contributed by atoms with Crippen molar-refractivity contribution in [3.8, 4) is 5.75 Å². The molecule has 2 aliphatic heterocycles. The van der Waals surface area contributed by atoms with Crippen LogP contribution in [-0.2, 0) is 0 Å². The normalized spacial score (nSPS) is 30.6. The Labute approximate surface area is 122 Å². The van der Waals surface area contributed by atoms with Gasteiger partial charge in [-0.2, -0.15) is 0 Å². The van der Waals surface area contributed by atoms with Gasteiger partial charge in [0, 0.05) is 24.1 Å². The molecule has 0 radical (unpaired) electrons. The molecular formula is C17H26N2O. The van der Waals surface area contributed by atoms with Gasteiger partial charge in [0.15, 0.2) is 0 Å². The molecule has 1 fully saturated rings. The maximum atomic E-state index is 5.88. The minimum Gasteiger partial charge on any atom is -0.493 e. The van der Waals surface area contributed by atoms with Crippen LogP contribution in [-0.4, -0.2) is 31.1 Å². The number of likely N-dealkylation sites (tertiary alicyclic amines) is 1. The van der Waals surface area contributed by atoms with E-state index in [0.717, 1.165) is 31.2 Å². The van der Waals surface area contributed by atoms with Crippen molar-refractivity contribution in [1.29, 1.82) is 0 Å². The largest absolute Gasteiger partial charge is 0.493 e. The first kappa shape index (κ1) is 13.9. The maximum absolute atomic E-state index is 5.88. The molecule has 2 aliphatic rings. The second-order valence-corrected chi connectivity index (χ2v) is 6.35. The van der Waals surface area contributed by atoms with Crippen LogP contribution in [0.1, 0.15) is 37.8 Å². The molecule has 0 aromatic heterocycles. The molecule has 0 amide bonds. The Kier molecular flexibility index (Phi) is 4.27. The van der Waals surface area contributed by atoms with Crippen molar-refractivity contribution in [2.24, 2.45) is 17.6 Å². The van der Waals surface area contributed by atoms with Gasteiger partial charge < -0.3 is 10.5 Å². The molecule has 3 unspecified atom stereocenters. The molecule has 0 saturated carbocycles. The minimum atomic E-state index is 0.514. The Bertz CT molecular complexity index is 446. The van der Waals surface area contributed by atoms with Gasteiger partial charge in [-0.15, -0.1) is 0 Å². The molecule has 2 N–H and O–H groups in total. The monoisotopic (exact) mass is 274 g/mol. The SMILES string of the molecule is CC1COc2ccccc2C1N1CCCC(CCN)C1. The second-order valence-electron chi connectivity index (χ2n) is 6.35. The summed E-state index contributed by atoms with van der Waals surface area (Å²) in [6, 6.07) is 9.06. The van der Waals surface area contributed by atoms with Crippen LogP contribution in [0.4, 0.5) is 0 Å². The van der Waals surface area contributed by atoms with Crippen molar-refractivity contribution in [2.45, 2.75) is 32.2 Å². The Hall–Kier alpha value is -1.06. The molecular weight excluding hydrogens is 248 g/mol. The Morgan fingerprint density at radius 1 is 1.35 bits per heavy atom. The molecule has 2 heterocycles. The number of nitrogens with zero attached hydrogens (tertiary/aromatic N) is 1. The summed E-state index contributed by atoms with van der Waals surface area (Å²) < 4.78 is 5.88. The first-order valence-corrected chi connectivity index (χ1v) is 7.95. The van der Waals surface area contributed by atoms with Crippen molar-refractivity contribution in [3.63, 3.8) is 0 Å². The first-order chi connectivity index (χ1) is 9.79. The first-order valence-electron chi connectivity index (χ1n) is 7.95. The van der Waals surface area contributed by atoms with Gasteiger partial charge in [0.1, 0.15) is 5.75 Å². The van der Waals surface area contributed by atoms with Crippen molar-refractivity contribution in [2.75, 3.05) is 26.2 Å². The fraction of sp³-hybridized carbons (Fsp3) is 0.647. The van der Waals surface area contributed by atoms with Gasteiger partial charge in [0.2, 0.25) is 0 Å². The van der Waals surface area contributed by atoms with Gasteiger partial charge >= 0.3 is 0 Å². The molecule has 20 heavy (non-hydrogen) atoms. The van der Waals surface area contributed by atoms with Gasteiger partial charge in [0.05, 0.1) is 6.61 Å². The predicted molar refractivity (Wildman–Crippen MR) is 81.8 cm³/mol. The number of hydrogen-bond donors (Lipinski definition) is 1. The summed E-state index contributed by atoms with van der Waals surface area (Å²) >= 11 is 0. The highest BCUT2D eigenvalue weighted by Gasteiger charge is 2.34. The lowest BCUT2D eigenvalue weighted by atomic mass is 9.86. The van der Waals surface area contributed by atoms with E-state index in [0.29, 0.717) is 12.0 Å². The van der Waals surface area contributed by atoms with Gasteiger partial charge in [0.25, 0.3) is 0 Å². The number of benzene rings is 1. The second kappa shape index (κ2) is 6.15. The van der Waals surface area contributed by atoms with Crippen LogP contribution in [0, 0.1) is 11.8 Å². The van der Waals surface area contributed by atoms with E-state index >= 15 is 0 Å². The smallest absolute Gasteiger partial charge is 0.124 e. The zero-order valence-corrected chi connectivity index (χ0v) is 12.4. The molecule has 3 rings (SSSR count). The summed E-state index contributed by atoms with van der Waals surface area (Å²) in [6.45, 7) is 6.37. The van der Waals surface area contributed by atoms with Crippen LogP contribution in [0.25, 0.3) is 0 Å². The highest BCUT2D eigenvalue weighted by atomic mass is 16.5. The molecule has 0 bridgehead atoms. The van der Waals surface area contributed by atoms with Crippen molar-refractivity contribution >= 4 is 0 Å². The fourth-order valence-electron chi connectivity index (χ4n) is 3.85. The molecule has 1 aromatic carbocycles. The fourth-order valence-corrected chi connectivity index (χ4v) is 3.85. The number of fused-ring (bicyclic) bond motifs is 1. The van der Waals surface area contributed by atoms with E-state index in [-0.39, 0.29) is 0 Å². The molecule has 110 valence electrons. The summed E-state index contributed by atoms with van der Waals surface area (Å²) in [4.78, 5) is 2.68. The highest BCUT2D eigenvalue weighted by Crippen LogP contribution is 2.40. The average Bonchev–Trinajstić information content (AvgIpc) is 2.48. The zero-order chi connectivity index (χ0) is 13.9. The van der Waals surface area contributed by atoms with Crippen LogP contribution >= 0.6 is 0 Å². The number of piperidine rings is 1. The zero-order valence-electron chi connectivity index (χ0n) is 12.4. The van der Waals surface area contributed by atoms with Crippen LogP contribution in [0.5, 0.6) is 5.75 Å². The molecule has 3 heteroatoms. The lowest BCUT2D eigenvalue weighted by molar-refractivity contribution is 0.0538. The summed E-state index contributed by atoms with van der Waals surface area (Å²) in [7, 11) is 0. The van der Waals surface area contributed by atoms with Gasteiger partial charge in [-0.3, -0.25) is 4.90 Å². The highest BCUT2D eigenvalue weighted by molar-refractivity contribution is 5.38. The van der Waals surface area contributed by atoms with E-state index in [1.165, 1.54) is 31.5 Å². The molecule has 3 nitrogen and oxygen atoms in total. The lowest BCUT2D eigenvalue weighted by Crippen LogP contribution is -2.43. The third kappa shape index (κ3) is 2.70. The van der Waals surface area contributed by atoms with Gasteiger partial charge in [-0.1, -0.05) is 25.1 Å². The number of ether oxygens (including phenoxy) is 1. The lowest BCUT2D eigenvalue weighted by Gasteiger charge is -2.43. The maximum Gasteiger partial charge on any atom is 0.124 e. The Balaban J connectivity index is 1.81. The topological polar surface area (TPSA) is 38.5 Å². The van der Waals surface area contributed by atoms with E-state index in [1.54, 1.807) is 0 Å².